The molecule has 0 saturated heterocycles. The molecular weight excluding hydrogens is 340 g/mol. The van der Waals surface area contributed by atoms with E-state index < -0.39 is 17.2 Å². The Bertz CT molecular complexity index is 960. The number of para-hydroxylation sites is 1. The van der Waals surface area contributed by atoms with Crippen molar-refractivity contribution in [2.75, 3.05) is 16.8 Å². The Hall–Kier alpha value is -2.82. The van der Waals surface area contributed by atoms with Crippen molar-refractivity contribution >= 4 is 23.4 Å². The Morgan fingerprint density at radius 2 is 1.81 bits per heavy atom. The first-order valence-electron chi connectivity index (χ1n) is 9.15. The Labute approximate surface area is 159 Å². The summed E-state index contributed by atoms with van der Waals surface area (Å²) in [6.07, 6.45) is -0.0502. The third kappa shape index (κ3) is 2.45. The van der Waals surface area contributed by atoms with Crippen LogP contribution < -0.4 is 9.80 Å². The first-order chi connectivity index (χ1) is 12.6. The second kappa shape index (κ2) is 5.59. The molecule has 1 atom stereocenters. The van der Waals surface area contributed by atoms with Gasteiger partial charge in [0.1, 0.15) is 5.60 Å². The van der Waals surface area contributed by atoms with E-state index in [2.05, 4.69) is 0 Å². The summed E-state index contributed by atoms with van der Waals surface area (Å²) < 4.78 is 5.71. The van der Waals surface area contributed by atoms with Gasteiger partial charge in [-0.05, 0) is 45.4 Å². The Balaban J connectivity index is 1.95. The molecule has 2 aliphatic rings. The van der Waals surface area contributed by atoms with Gasteiger partial charge in [0, 0.05) is 24.7 Å². The highest BCUT2D eigenvalue weighted by atomic mass is 16.6. The zero-order valence-electron chi connectivity index (χ0n) is 16.4. The van der Waals surface area contributed by atoms with Crippen LogP contribution >= 0.6 is 0 Å². The van der Waals surface area contributed by atoms with Crippen LogP contribution in [-0.2, 0) is 21.5 Å². The number of aryl methyl sites for hydroxylation is 1. The highest BCUT2D eigenvalue weighted by molar-refractivity contribution is 6.15. The molecule has 1 unspecified atom stereocenters. The van der Waals surface area contributed by atoms with Crippen LogP contribution in [0.1, 0.15) is 37.5 Å². The average molecular weight is 364 g/mol. The maximum absolute atomic E-state index is 13.5. The summed E-state index contributed by atoms with van der Waals surface area (Å²) in [5.74, 6) is -0.106. The van der Waals surface area contributed by atoms with E-state index >= 15 is 0 Å². The molecule has 2 aliphatic heterocycles. The summed E-state index contributed by atoms with van der Waals surface area (Å²) in [7, 11) is 1.77. The fourth-order valence-electron chi connectivity index (χ4n) is 4.16. The summed E-state index contributed by atoms with van der Waals surface area (Å²) in [5.41, 5.74) is 2.71. The number of amides is 2. The molecule has 5 nitrogen and oxygen atoms in total. The van der Waals surface area contributed by atoms with Crippen molar-refractivity contribution < 1.29 is 14.3 Å². The van der Waals surface area contributed by atoms with E-state index in [4.69, 9.17) is 4.74 Å². The zero-order valence-corrected chi connectivity index (χ0v) is 16.4. The maximum Gasteiger partial charge on any atom is 0.416 e. The number of carbonyl (C=O) groups excluding carboxylic acids is 2. The minimum absolute atomic E-state index is 0.106. The fraction of sp³-hybridized carbons (Fsp3) is 0.364. The second-order valence-corrected chi connectivity index (χ2v) is 8.37. The van der Waals surface area contributed by atoms with Crippen molar-refractivity contribution in [2.45, 2.75) is 45.3 Å². The molecule has 27 heavy (non-hydrogen) atoms. The van der Waals surface area contributed by atoms with Crippen molar-refractivity contribution in [3.8, 4) is 0 Å². The Morgan fingerprint density at radius 3 is 2.52 bits per heavy atom. The number of fused-ring (bicyclic) bond motifs is 3. The zero-order chi connectivity index (χ0) is 19.6. The molecular formula is C22H24N2O3. The maximum atomic E-state index is 13.5. The number of anilines is 2. The molecule has 0 N–H and O–H groups in total. The van der Waals surface area contributed by atoms with E-state index in [1.165, 1.54) is 0 Å². The molecule has 2 amide bonds. The van der Waals surface area contributed by atoms with E-state index in [1.807, 2.05) is 70.2 Å². The number of benzene rings is 2. The molecule has 0 fully saturated rings. The van der Waals surface area contributed by atoms with Gasteiger partial charge in [-0.2, -0.15) is 0 Å². The highest BCUT2D eigenvalue weighted by Crippen LogP contribution is 2.53. The van der Waals surface area contributed by atoms with Crippen molar-refractivity contribution in [1.29, 1.82) is 0 Å². The molecule has 140 valence electrons. The minimum Gasteiger partial charge on any atom is -0.443 e. The summed E-state index contributed by atoms with van der Waals surface area (Å²) in [6, 6.07) is 13.6. The molecule has 0 aromatic heterocycles. The topological polar surface area (TPSA) is 49.9 Å². The van der Waals surface area contributed by atoms with Crippen LogP contribution in [0.4, 0.5) is 16.2 Å². The minimum atomic E-state index is -1.10. The predicted molar refractivity (Wildman–Crippen MR) is 105 cm³/mol. The number of hydrogen-bond donors (Lipinski definition) is 0. The van der Waals surface area contributed by atoms with Crippen LogP contribution in [0, 0.1) is 6.92 Å². The summed E-state index contributed by atoms with van der Waals surface area (Å²) in [6.45, 7) is 7.50. The van der Waals surface area contributed by atoms with Crippen molar-refractivity contribution in [1.82, 2.24) is 0 Å². The van der Waals surface area contributed by atoms with Gasteiger partial charge >= 0.3 is 6.09 Å². The van der Waals surface area contributed by atoms with E-state index in [0.717, 1.165) is 28.1 Å². The molecule has 4 rings (SSSR count). The lowest BCUT2D eigenvalue weighted by Crippen LogP contribution is -2.54. The first-order valence-corrected chi connectivity index (χ1v) is 9.15. The SMILES string of the molecule is Cc1ccc2c(c1)C1(Cc3ccccc3N1C(=O)OC(C)(C)C)C(=O)N2C. The van der Waals surface area contributed by atoms with E-state index in [0.29, 0.717) is 6.42 Å². The number of ether oxygens (including phenoxy) is 1. The fourth-order valence-corrected chi connectivity index (χ4v) is 4.16. The molecule has 2 heterocycles. The standard InChI is InChI=1S/C22H24N2O3/c1-14-10-11-18-16(12-14)22(19(25)23(18)5)13-15-8-6-7-9-17(15)24(22)20(26)27-21(2,3)4/h6-12H,13H2,1-5H3. The van der Waals surface area contributed by atoms with Crippen molar-refractivity contribution in [3.05, 3.63) is 59.2 Å². The molecule has 1 spiro atoms. The van der Waals surface area contributed by atoms with Gasteiger partial charge in [0.25, 0.3) is 5.91 Å². The third-order valence-corrected chi connectivity index (χ3v) is 5.25. The number of nitrogens with zero attached hydrogens (tertiary/aromatic N) is 2. The Kier molecular flexibility index (Phi) is 3.64. The molecule has 0 bridgehead atoms. The Morgan fingerprint density at radius 1 is 1.11 bits per heavy atom. The number of carbonyl (C=O) groups is 2. The number of likely N-dealkylation sites (N-methyl/N-ethyl adjacent to an activating group) is 1. The van der Waals surface area contributed by atoms with Crippen LogP contribution in [-0.4, -0.2) is 24.6 Å². The third-order valence-electron chi connectivity index (χ3n) is 5.25. The molecule has 2 aromatic carbocycles. The lowest BCUT2D eigenvalue weighted by atomic mass is 9.86. The van der Waals surface area contributed by atoms with Gasteiger partial charge in [0.15, 0.2) is 5.54 Å². The normalized spacial score (nSPS) is 20.9. The number of rotatable bonds is 0. The van der Waals surface area contributed by atoms with E-state index in [1.54, 1.807) is 16.8 Å². The van der Waals surface area contributed by atoms with E-state index in [-0.39, 0.29) is 5.91 Å². The summed E-state index contributed by atoms with van der Waals surface area (Å²) >= 11 is 0. The molecule has 5 heteroatoms. The molecule has 0 saturated carbocycles. The number of hydrogen-bond acceptors (Lipinski definition) is 3. The van der Waals surface area contributed by atoms with Gasteiger partial charge in [0.05, 0.1) is 5.69 Å². The quantitative estimate of drug-likeness (QED) is 0.705. The smallest absolute Gasteiger partial charge is 0.416 e. The van der Waals surface area contributed by atoms with Crippen LogP contribution in [0.25, 0.3) is 0 Å². The average Bonchev–Trinajstić information content (AvgIpc) is 3.03. The molecule has 0 aliphatic carbocycles. The van der Waals surface area contributed by atoms with Gasteiger partial charge in [-0.15, -0.1) is 0 Å². The first kappa shape index (κ1) is 17.6. The predicted octanol–water partition coefficient (Wildman–Crippen LogP) is 4.16. The monoisotopic (exact) mass is 364 g/mol. The summed E-state index contributed by atoms with van der Waals surface area (Å²) in [5, 5.41) is 0. The van der Waals surface area contributed by atoms with Gasteiger partial charge in [-0.1, -0.05) is 35.9 Å². The lowest BCUT2D eigenvalue weighted by molar-refractivity contribution is -0.122. The van der Waals surface area contributed by atoms with E-state index in [9.17, 15) is 9.59 Å². The van der Waals surface area contributed by atoms with Crippen LogP contribution in [0.5, 0.6) is 0 Å². The van der Waals surface area contributed by atoms with Crippen LogP contribution in [0.3, 0.4) is 0 Å². The van der Waals surface area contributed by atoms with Crippen molar-refractivity contribution in [2.24, 2.45) is 0 Å². The lowest BCUT2D eigenvalue weighted by Gasteiger charge is -2.35. The van der Waals surface area contributed by atoms with Gasteiger partial charge in [-0.3, -0.25) is 9.69 Å². The summed E-state index contributed by atoms with van der Waals surface area (Å²) in [4.78, 5) is 30.0. The molecule has 0 radical (unpaired) electrons. The largest absolute Gasteiger partial charge is 0.443 e. The van der Waals surface area contributed by atoms with Gasteiger partial charge in [-0.25, -0.2) is 4.79 Å². The second-order valence-electron chi connectivity index (χ2n) is 8.37. The van der Waals surface area contributed by atoms with Crippen LogP contribution in [0.15, 0.2) is 42.5 Å². The van der Waals surface area contributed by atoms with Crippen molar-refractivity contribution in [3.63, 3.8) is 0 Å². The highest BCUT2D eigenvalue weighted by Gasteiger charge is 2.60. The molecule has 2 aromatic rings. The van der Waals surface area contributed by atoms with Crippen LogP contribution in [0.2, 0.25) is 0 Å². The van der Waals surface area contributed by atoms with Gasteiger partial charge < -0.3 is 9.64 Å². The van der Waals surface area contributed by atoms with Gasteiger partial charge in [0.2, 0.25) is 0 Å².